The Morgan fingerprint density at radius 3 is 1.92 bits per heavy atom. The van der Waals surface area contributed by atoms with Crippen LogP contribution < -0.4 is 4.72 Å². The summed E-state index contributed by atoms with van der Waals surface area (Å²) in [6, 6.07) is 15.3. The highest BCUT2D eigenvalue weighted by Gasteiger charge is 2.24. The second-order valence-corrected chi connectivity index (χ2v) is 10.4. The van der Waals surface area contributed by atoms with Crippen LogP contribution in [-0.2, 0) is 16.4 Å². The van der Waals surface area contributed by atoms with E-state index in [2.05, 4.69) is 37.6 Å². The minimum atomic E-state index is -3.59. The molecule has 1 N–H and O–H groups in total. The summed E-state index contributed by atoms with van der Waals surface area (Å²) in [6.07, 6.45) is 0.985. The Bertz CT molecular complexity index is 823. The van der Waals surface area contributed by atoms with Crippen LogP contribution in [0.5, 0.6) is 0 Å². The monoisotopic (exact) mass is 359 g/mol. The van der Waals surface area contributed by atoms with E-state index < -0.39 is 15.6 Å². The minimum absolute atomic E-state index is 0.222. The molecule has 0 aromatic heterocycles. The van der Waals surface area contributed by atoms with Crippen molar-refractivity contribution in [2.45, 2.75) is 58.4 Å². The number of sulfonamides is 1. The van der Waals surface area contributed by atoms with E-state index in [4.69, 9.17) is 0 Å². The molecular weight excluding hydrogens is 330 g/mol. The van der Waals surface area contributed by atoms with Crippen molar-refractivity contribution in [3.05, 3.63) is 54.1 Å². The van der Waals surface area contributed by atoms with Gasteiger partial charge in [-0.25, -0.2) is 13.1 Å². The summed E-state index contributed by atoms with van der Waals surface area (Å²) >= 11 is 0. The van der Waals surface area contributed by atoms with Crippen LogP contribution in [0.25, 0.3) is 11.1 Å². The van der Waals surface area contributed by atoms with Crippen LogP contribution in [0.15, 0.2) is 53.4 Å². The Hall–Kier alpha value is -1.65. The van der Waals surface area contributed by atoms with E-state index in [1.807, 2.05) is 45.0 Å². The fourth-order valence-corrected chi connectivity index (χ4v) is 4.46. The van der Waals surface area contributed by atoms with Crippen LogP contribution in [0, 0.1) is 5.41 Å². The number of hydrogen-bond donors (Lipinski definition) is 1. The molecule has 0 radical (unpaired) electrons. The molecule has 136 valence electrons. The molecule has 0 amide bonds. The van der Waals surface area contributed by atoms with Crippen LogP contribution in [0.3, 0.4) is 0 Å². The van der Waals surface area contributed by atoms with Gasteiger partial charge in [0.05, 0.1) is 4.90 Å². The standard InChI is InChI=1S/C21H29NO2S/c1-20(2,3)15-16-11-13-17(14-12-16)18-9-7-8-10-19(18)25(23,24)22-21(4,5)6/h7-14,22H,15H2,1-6H3. The van der Waals surface area contributed by atoms with Gasteiger partial charge in [-0.05, 0) is 49.8 Å². The fourth-order valence-electron chi connectivity index (χ4n) is 2.81. The second-order valence-electron chi connectivity index (χ2n) is 8.79. The summed E-state index contributed by atoms with van der Waals surface area (Å²) in [5, 5.41) is 0. The Kier molecular flexibility index (Phi) is 5.45. The van der Waals surface area contributed by atoms with E-state index >= 15 is 0 Å². The zero-order valence-electron chi connectivity index (χ0n) is 16.1. The van der Waals surface area contributed by atoms with E-state index in [1.54, 1.807) is 12.1 Å². The van der Waals surface area contributed by atoms with Gasteiger partial charge >= 0.3 is 0 Å². The molecule has 0 spiro atoms. The molecule has 2 rings (SSSR count). The summed E-state index contributed by atoms with van der Waals surface area (Å²) in [5.41, 5.74) is 2.58. The number of hydrogen-bond acceptors (Lipinski definition) is 2. The SMILES string of the molecule is CC(C)(C)Cc1ccc(-c2ccccc2S(=O)(=O)NC(C)(C)C)cc1. The van der Waals surface area contributed by atoms with Crippen LogP contribution in [0.4, 0.5) is 0 Å². The molecule has 0 aliphatic carbocycles. The van der Waals surface area contributed by atoms with Crippen LogP contribution in [-0.4, -0.2) is 14.0 Å². The van der Waals surface area contributed by atoms with Gasteiger partial charge in [0.2, 0.25) is 10.0 Å². The van der Waals surface area contributed by atoms with Gasteiger partial charge in [-0.1, -0.05) is 63.2 Å². The average molecular weight is 360 g/mol. The summed E-state index contributed by atoms with van der Waals surface area (Å²) in [5.74, 6) is 0. The van der Waals surface area contributed by atoms with Gasteiger partial charge in [0.1, 0.15) is 0 Å². The third-order valence-electron chi connectivity index (χ3n) is 3.62. The van der Waals surface area contributed by atoms with Gasteiger partial charge in [0.25, 0.3) is 0 Å². The first-order valence-electron chi connectivity index (χ1n) is 8.60. The van der Waals surface area contributed by atoms with Gasteiger partial charge in [-0.15, -0.1) is 0 Å². The molecule has 0 fully saturated rings. The number of rotatable bonds is 4. The molecule has 0 saturated heterocycles. The van der Waals surface area contributed by atoms with Crippen molar-refractivity contribution in [2.24, 2.45) is 5.41 Å². The van der Waals surface area contributed by atoms with E-state index in [0.717, 1.165) is 17.5 Å². The Morgan fingerprint density at radius 2 is 1.40 bits per heavy atom. The van der Waals surface area contributed by atoms with Gasteiger partial charge in [-0.2, -0.15) is 0 Å². The molecule has 0 atom stereocenters. The fraction of sp³-hybridized carbons (Fsp3) is 0.429. The lowest BCUT2D eigenvalue weighted by atomic mass is 9.87. The lowest BCUT2D eigenvalue weighted by Crippen LogP contribution is -2.40. The Balaban J connectivity index is 2.41. The number of nitrogens with one attached hydrogen (secondary N) is 1. The zero-order chi connectivity index (χ0) is 18.9. The van der Waals surface area contributed by atoms with Gasteiger partial charge < -0.3 is 0 Å². The average Bonchev–Trinajstić information content (AvgIpc) is 2.44. The van der Waals surface area contributed by atoms with Crippen molar-refractivity contribution >= 4 is 10.0 Å². The first kappa shape index (κ1) is 19.7. The number of benzene rings is 2. The van der Waals surface area contributed by atoms with Crippen molar-refractivity contribution in [3.63, 3.8) is 0 Å². The maximum Gasteiger partial charge on any atom is 0.241 e. The summed E-state index contributed by atoms with van der Waals surface area (Å²) in [6.45, 7) is 12.2. The molecule has 0 heterocycles. The van der Waals surface area contributed by atoms with Gasteiger partial charge in [0.15, 0.2) is 0 Å². The highest BCUT2D eigenvalue weighted by atomic mass is 32.2. The van der Waals surface area contributed by atoms with Crippen molar-refractivity contribution in [1.82, 2.24) is 4.72 Å². The molecular formula is C21H29NO2S. The van der Waals surface area contributed by atoms with Crippen LogP contribution in [0.2, 0.25) is 0 Å². The molecule has 0 unspecified atom stereocenters. The van der Waals surface area contributed by atoms with Gasteiger partial charge in [-0.3, -0.25) is 0 Å². The lowest BCUT2D eigenvalue weighted by Gasteiger charge is -2.22. The van der Waals surface area contributed by atoms with Crippen LogP contribution in [0.1, 0.15) is 47.1 Å². The van der Waals surface area contributed by atoms with Crippen molar-refractivity contribution in [3.8, 4) is 11.1 Å². The maximum absolute atomic E-state index is 12.8. The van der Waals surface area contributed by atoms with Crippen LogP contribution >= 0.6 is 0 Å². The van der Waals surface area contributed by atoms with E-state index in [-0.39, 0.29) is 5.41 Å². The second kappa shape index (κ2) is 6.93. The Labute approximate surface area is 152 Å². The lowest BCUT2D eigenvalue weighted by molar-refractivity contribution is 0.411. The van der Waals surface area contributed by atoms with E-state index in [0.29, 0.717) is 4.90 Å². The molecule has 25 heavy (non-hydrogen) atoms. The van der Waals surface area contributed by atoms with Crippen molar-refractivity contribution < 1.29 is 8.42 Å². The first-order valence-corrected chi connectivity index (χ1v) is 10.1. The third kappa shape index (κ3) is 5.68. The smallest absolute Gasteiger partial charge is 0.207 e. The van der Waals surface area contributed by atoms with Crippen molar-refractivity contribution in [2.75, 3.05) is 0 Å². The predicted octanol–water partition coefficient (Wildman–Crippen LogP) is 5.02. The molecule has 2 aromatic rings. The molecule has 0 bridgehead atoms. The molecule has 0 saturated carbocycles. The largest absolute Gasteiger partial charge is 0.241 e. The third-order valence-corrected chi connectivity index (χ3v) is 5.43. The first-order chi connectivity index (χ1) is 11.4. The molecule has 4 heteroatoms. The molecule has 0 aliphatic rings. The Morgan fingerprint density at radius 1 is 0.840 bits per heavy atom. The minimum Gasteiger partial charge on any atom is -0.207 e. The summed E-state index contributed by atoms with van der Waals surface area (Å²) in [4.78, 5) is 0.313. The topological polar surface area (TPSA) is 46.2 Å². The molecule has 0 aliphatic heterocycles. The zero-order valence-corrected chi connectivity index (χ0v) is 16.9. The highest BCUT2D eigenvalue weighted by Crippen LogP contribution is 2.29. The maximum atomic E-state index is 12.8. The molecule has 3 nitrogen and oxygen atoms in total. The quantitative estimate of drug-likeness (QED) is 0.833. The molecule has 2 aromatic carbocycles. The highest BCUT2D eigenvalue weighted by molar-refractivity contribution is 7.89. The summed E-state index contributed by atoms with van der Waals surface area (Å²) in [7, 11) is -3.59. The van der Waals surface area contributed by atoms with Gasteiger partial charge in [0, 0.05) is 11.1 Å². The summed E-state index contributed by atoms with van der Waals surface area (Å²) < 4.78 is 28.3. The van der Waals surface area contributed by atoms with E-state index in [1.165, 1.54) is 5.56 Å². The van der Waals surface area contributed by atoms with Crippen molar-refractivity contribution in [1.29, 1.82) is 0 Å². The predicted molar refractivity (Wildman–Crippen MR) is 105 cm³/mol. The van der Waals surface area contributed by atoms with E-state index in [9.17, 15) is 8.42 Å². The normalized spacial score (nSPS) is 13.0.